The van der Waals surface area contributed by atoms with Gasteiger partial charge in [0.1, 0.15) is 11.9 Å². The van der Waals surface area contributed by atoms with Gasteiger partial charge in [-0.2, -0.15) is 0 Å². The number of anilines is 1. The summed E-state index contributed by atoms with van der Waals surface area (Å²) >= 11 is 0. The summed E-state index contributed by atoms with van der Waals surface area (Å²) in [6.07, 6.45) is 1.24. The number of piperazine rings is 1. The smallest absolute Gasteiger partial charge is 0.270 e. The van der Waals surface area contributed by atoms with Crippen molar-refractivity contribution in [2.45, 2.75) is 18.6 Å². The van der Waals surface area contributed by atoms with Gasteiger partial charge >= 0.3 is 0 Å². The van der Waals surface area contributed by atoms with E-state index in [1.165, 1.54) is 0 Å². The number of carbonyl (C=O) groups is 1. The molecule has 2 aliphatic rings. The van der Waals surface area contributed by atoms with E-state index in [2.05, 4.69) is 20.5 Å². The highest BCUT2D eigenvalue weighted by Gasteiger charge is 2.38. The Balaban J connectivity index is 0.00000147. The van der Waals surface area contributed by atoms with Gasteiger partial charge in [-0.3, -0.25) is 4.79 Å². The average Bonchev–Trinajstić information content (AvgIpc) is 3.15. The molecule has 0 bridgehead atoms. The summed E-state index contributed by atoms with van der Waals surface area (Å²) in [5.74, 6) is -0.294. The molecule has 5 nitrogen and oxygen atoms in total. The lowest BCUT2D eigenvalue weighted by atomic mass is 10.2. The normalized spacial score (nSPS) is 24.8. The molecule has 0 unspecified atom stereocenters. The summed E-state index contributed by atoms with van der Waals surface area (Å²) in [7, 11) is 0. The molecule has 110 valence electrons. The summed E-state index contributed by atoms with van der Waals surface area (Å²) in [5, 5.41) is 5.90. The van der Waals surface area contributed by atoms with Crippen LogP contribution in [0.5, 0.6) is 0 Å². The highest BCUT2D eigenvalue weighted by molar-refractivity contribution is 5.92. The third kappa shape index (κ3) is 3.37. The van der Waals surface area contributed by atoms with Gasteiger partial charge in [0.25, 0.3) is 5.91 Å². The summed E-state index contributed by atoms with van der Waals surface area (Å²) < 4.78 is 12.7. The fourth-order valence-electron chi connectivity index (χ4n) is 2.19. The van der Waals surface area contributed by atoms with Crippen LogP contribution in [0.25, 0.3) is 0 Å². The minimum Gasteiger partial charge on any atom is -0.368 e. The summed E-state index contributed by atoms with van der Waals surface area (Å²) in [5.41, 5.74) is 1.37. The molecule has 0 spiro atoms. The van der Waals surface area contributed by atoms with Gasteiger partial charge in [0.2, 0.25) is 0 Å². The maximum atomic E-state index is 12.7. The minimum absolute atomic E-state index is 0. The van der Waals surface area contributed by atoms with Crippen molar-refractivity contribution in [1.29, 1.82) is 0 Å². The molecule has 0 radical (unpaired) electrons. The van der Waals surface area contributed by atoms with Crippen LogP contribution in [0.4, 0.5) is 10.1 Å². The Kier molecular flexibility index (Phi) is 4.77. The zero-order valence-corrected chi connectivity index (χ0v) is 11.8. The van der Waals surface area contributed by atoms with E-state index >= 15 is 0 Å². The highest BCUT2D eigenvalue weighted by atomic mass is 35.5. The van der Waals surface area contributed by atoms with E-state index in [1.54, 1.807) is 12.3 Å². The van der Waals surface area contributed by atoms with E-state index in [9.17, 15) is 9.18 Å². The van der Waals surface area contributed by atoms with Crippen molar-refractivity contribution in [3.05, 3.63) is 24.0 Å². The lowest BCUT2D eigenvalue weighted by Crippen LogP contribution is -2.43. The van der Waals surface area contributed by atoms with Crippen LogP contribution in [0, 0.1) is 0 Å². The number of carbonyl (C=O) groups excluding carboxylic acids is 1. The fraction of sp³-hybridized carbons (Fsp3) is 0.538. The Hall–Kier alpha value is -1.40. The van der Waals surface area contributed by atoms with Gasteiger partial charge in [-0.15, -0.1) is 12.4 Å². The summed E-state index contributed by atoms with van der Waals surface area (Å²) in [4.78, 5) is 18.2. The second-order valence-electron chi connectivity index (χ2n) is 4.97. The van der Waals surface area contributed by atoms with Crippen LogP contribution >= 0.6 is 12.4 Å². The lowest BCUT2D eigenvalue weighted by Gasteiger charge is -2.29. The average molecular weight is 301 g/mol. The first-order chi connectivity index (χ1) is 9.24. The molecule has 2 fully saturated rings. The van der Waals surface area contributed by atoms with E-state index in [-0.39, 0.29) is 24.4 Å². The SMILES string of the molecule is Cl.O=C(N[C@@H]1C[C@@H]1F)c1ccc(N2CCNCC2)cn1. The van der Waals surface area contributed by atoms with Crippen molar-refractivity contribution >= 4 is 24.0 Å². The second-order valence-corrected chi connectivity index (χ2v) is 4.97. The van der Waals surface area contributed by atoms with Crippen molar-refractivity contribution in [2.24, 2.45) is 0 Å². The standard InChI is InChI=1S/C13H17FN4O.ClH/c14-10-7-12(10)17-13(19)11-2-1-9(8-16-11)18-5-3-15-4-6-18;/h1-2,8,10,12,15H,3-7H2,(H,17,19);1H/t10-,12+;/m0./s1. The van der Waals surface area contributed by atoms with Crippen LogP contribution in [0.3, 0.4) is 0 Å². The van der Waals surface area contributed by atoms with Crippen LogP contribution < -0.4 is 15.5 Å². The molecule has 1 aliphatic heterocycles. The molecule has 0 aromatic carbocycles. The molecule has 2 heterocycles. The number of alkyl halides is 1. The van der Waals surface area contributed by atoms with E-state index in [0.29, 0.717) is 12.1 Å². The number of nitrogens with one attached hydrogen (secondary N) is 2. The zero-order valence-electron chi connectivity index (χ0n) is 11.0. The Labute approximate surface area is 123 Å². The molecule has 1 aromatic rings. The largest absolute Gasteiger partial charge is 0.368 e. The first-order valence-electron chi connectivity index (χ1n) is 6.61. The molecule has 1 saturated heterocycles. The lowest BCUT2D eigenvalue weighted by molar-refractivity contribution is 0.0942. The molecule has 2 N–H and O–H groups in total. The van der Waals surface area contributed by atoms with Gasteiger partial charge < -0.3 is 15.5 Å². The Morgan fingerprint density at radius 2 is 2.10 bits per heavy atom. The van der Waals surface area contributed by atoms with Gasteiger partial charge in [-0.1, -0.05) is 0 Å². The van der Waals surface area contributed by atoms with E-state index in [4.69, 9.17) is 0 Å². The van der Waals surface area contributed by atoms with Crippen molar-refractivity contribution in [1.82, 2.24) is 15.6 Å². The number of aromatic nitrogens is 1. The molecule has 7 heteroatoms. The monoisotopic (exact) mass is 300 g/mol. The van der Waals surface area contributed by atoms with E-state index < -0.39 is 6.17 Å². The number of halogens is 2. The third-order valence-corrected chi connectivity index (χ3v) is 3.49. The van der Waals surface area contributed by atoms with Gasteiger partial charge in [0, 0.05) is 32.6 Å². The molecule has 1 aromatic heterocycles. The first-order valence-corrected chi connectivity index (χ1v) is 6.61. The van der Waals surface area contributed by atoms with Crippen LogP contribution in [0.2, 0.25) is 0 Å². The van der Waals surface area contributed by atoms with Crippen molar-refractivity contribution in [3.8, 4) is 0 Å². The molecule has 1 amide bonds. The molecular formula is C13H18ClFN4O. The van der Waals surface area contributed by atoms with Gasteiger partial charge in [-0.05, 0) is 12.1 Å². The Morgan fingerprint density at radius 3 is 2.65 bits per heavy atom. The Bertz CT molecular complexity index is 464. The molecule has 2 atom stereocenters. The summed E-state index contributed by atoms with van der Waals surface area (Å²) in [6, 6.07) is 3.28. The number of pyridine rings is 1. The quantitative estimate of drug-likeness (QED) is 0.865. The number of rotatable bonds is 3. The highest BCUT2D eigenvalue weighted by Crippen LogP contribution is 2.25. The van der Waals surface area contributed by atoms with Crippen molar-refractivity contribution in [3.63, 3.8) is 0 Å². The third-order valence-electron chi connectivity index (χ3n) is 3.49. The molecule has 1 aliphatic carbocycles. The van der Waals surface area contributed by atoms with E-state index in [0.717, 1.165) is 31.9 Å². The van der Waals surface area contributed by atoms with Crippen LogP contribution in [-0.4, -0.2) is 49.3 Å². The van der Waals surface area contributed by atoms with Gasteiger partial charge in [-0.25, -0.2) is 9.37 Å². The molecule has 20 heavy (non-hydrogen) atoms. The topological polar surface area (TPSA) is 57.3 Å². The van der Waals surface area contributed by atoms with Crippen LogP contribution in [0.15, 0.2) is 18.3 Å². The second kappa shape index (κ2) is 6.37. The summed E-state index contributed by atoms with van der Waals surface area (Å²) in [6.45, 7) is 3.81. The van der Waals surface area contributed by atoms with Gasteiger partial charge in [0.05, 0.1) is 17.9 Å². The zero-order chi connectivity index (χ0) is 13.2. The van der Waals surface area contributed by atoms with Gasteiger partial charge in [0.15, 0.2) is 0 Å². The Morgan fingerprint density at radius 1 is 1.40 bits per heavy atom. The number of nitrogens with zero attached hydrogens (tertiary/aromatic N) is 2. The predicted molar refractivity (Wildman–Crippen MR) is 77.3 cm³/mol. The number of hydrogen-bond acceptors (Lipinski definition) is 4. The number of hydrogen-bond donors (Lipinski definition) is 2. The maximum absolute atomic E-state index is 12.7. The maximum Gasteiger partial charge on any atom is 0.270 e. The minimum atomic E-state index is -0.885. The van der Waals surface area contributed by atoms with Crippen molar-refractivity contribution < 1.29 is 9.18 Å². The van der Waals surface area contributed by atoms with Crippen LogP contribution in [-0.2, 0) is 0 Å². The fourth-order valence-corrected chi connectivity index (χ4v) is 2.19. The van der Waals surface area contributed by atoms with Crippen LogP contribution in [0.1, 0.15) is 16.9 Å². The molecular weight excluding hydrogens is 283 g/mol. The molecule has 1 saturated carbocycles. The first kappa shape index (κ1) is 15.0. The van der Waals surface area contributed by atoms with E-state index in [1.807, 2.05) is 6.07 Å². The van der Waals surface area contributed by atoms with Crippen molar-refractivity contribution in [2.75, 3.05) is 31.1 Å². The number of amides is 1. The predicted octanol–water partition coefficient (Wildman–Crippen LogP) is 0.753. The molecule has 3 rings (SSSR count).